The van der Waals surface area contributed by atoms with Crippen LogP contribution in [-0.2, 0) is 17.9 Å². The maximum Gasteiger partial charge on any atom is 0.341 e. The lowest BCUT2D eigenvalue weighted by Crippen LogP contribution is -2.09. The van der Waals surface area contributed by atoms with Crippen LogP contribution in [0.2, 0.25) is 0 Å². The van der Waals surface area contributed by atoms with Crippen LogP contribution in [0.15, 0.2) is 97.1 Å². The van der Waals surface area contributed by atoms with Gasteiger partial charge in [0.15, 0.2) is 6.61 Å². The SMILES string of the molecule is Cc1ccc2c(c1)c(C)c(-c1ccc(OCc3ccccc3)cc1)n2Cc1ccc(OCC(=O)O)cc1. The molecule has 5 nitrogen and oxygen atoms in total. The Morgan fingerprint density at radius 3 is 2.16 bits per heavy atom. The molecule has 0 saturated carbocycles. The number of carboxylic acid groups (broad SMARTS) is 1. The van der Waals surface area contributed by atoms with Crippen molar-refractivity contribution in [1.82, 2.24) is 4.57 Å². The number of aryl methyl sites for hydroxylation is 2. The van der Waals surface area contributed by atoms with E-state index in [9.17, 15) is 4.79 Å². The number of hydrogen-bond donors (Lipinski definition) is 1. The summed E-state index contributed by atoms with van der Waals surface area (Å²) >= 11 is 0. The summed E-state index contributed by atoms with van der Waals surface area (Å²) in [4.78, 5) is 10.8. The minimum Gasteiger partial charge on any atom is -0.489 e. The zero-order valence-corrected chi connectivity index (χ0v) is 21.0. The van der Waals surface area contributed by atoms with E-state index < -0.39 is 5.97 Å². The fraction of sp³-hybridized carbons (Fsp3) is 0.156. The minimum absolute atomic E-state index is 0.352. The molecule has 5 heteroatoms. The first-order valence-electron chi connectivity index (χ1n) is 12.3. The van der Waals surface area contributed by atoms with Crippen LogP contribution in [0.3, 0.4) is 0 Å². The van der Waals surface area contributed by atoms with Crippen LogP contribution in [0.25, 0.3) is 22.2 Å². The summed E-state index contributed by atoms with van der Waals surface area (Å²) < 4.78 is 13.6. The van der Waals surface area contributed by atoms with Gasteiger partial charge in [0.1, 0.15) is 18.1 Å². The quantitative estimate of drug-likeness (QED) is 0.241. The van der Waals surface area contributed by atoms with Gasteiger partial charge in [0.05, 0.1) is 5.69 Å². The molecule has 37 heavy (non-hydrogen) atoms. The first-order valence-corrected chi connectivity index (χ1v) is 12.3. The van der Waals surface area contributed by atoms with Crippen LogP contribution in [0, 0.1) is 13.8 Å². The van der Waals surface area contributed by atoms with E-state index in [0.29, 0.717) is 18.9 Å². The van der Waals surface area contributed by atoms with Gasteiger partial charge in [-0.3, -0.25) is 0 Å². The number of benzene rings is 4. The monoisotopic (exact) mass is 491 g/mol. The van der Waals surface area contributed by atoms with Gasteiger partial charge in [-0.25, -0.2) is 4.79 Å². The van der Waals surface area contributed by atoms with Gasteiger partial charge in [-0.1, -0.05) is 54.1 Å². The van der Waals surface area contributed by atoms with Crippen molar-refractivity contribution in [1.29, 1.82) is 0 Å². The zero-order valence-electron chi connectivity index (χ0n) is 21.0. The molecule has 0 bridgehead atoms. The molecule has 5 rings (SSSR count). The molecule has 0 fully saturated rings. The van der Waals surface area contributed by atoms with Gasteiger partial charge in [-0.15, -0.1) is 0 Å². The lowest BCUT2D eigenvalue weighted by molar-refractivity contribution is -0.139. The number of carbonyl (C=O) groups is 1. The molecule has 0 atom stereocenters. The molecule has 0 radical (unpaired) electrons. The summed E-state index contributed by atoms with van der Waals surface area (Å²) in [7, 11) is 0. The molecular formula is C32H29NO4. The standard InChI is InChI=1S/C32H29NO4/c1-22-8-17-30-29(18-22)23(2)32(33(30)19-24-9-13-27(14-10-24)37-21-31(34)35)26-11-15-28(16-12-26)36-20-25-6-4-3-5-7-25/h3-18H,19-21H2,1-2H3,(H,34,35). The summed E-state index contributed by atoms with van der Waals surface area (Å²) in [5.74, 6) is 0.386. The second kappa shape index (κ2) is 10.6. The van der Waals surface area contributed by atoms with E-state index in [1.807, 2.05) is 54.6 Å². The third-order valence-electron chi connectivity index (χ3n) is 6.47. The highest BCUT2D eigenvalue weighted by molar-refractivity contribution is 5.92. The molecule has 0 aliphatic carbocycles. The molecule has 0 aliphatic heterocycles. The fourth-order valence-electron chi connectivity index (χ4n) is 4.64. The van der Waals surface area contributed by atoms with Crippen molar-refractivity contribution in [3.05, 3.63) is 119 Å². The molecule has 0 saturated heterocycles. The second-order valence-electron chi connectivity index (χ2n) is 9.21. The van der Waals surface area contributed by atoms with Crippen molar-refractivity contribution in [3.63, 3.8) is 0 Å². The van der Waals surface area contributed by atoms with E-state index in [4.69, 9.17) is 14.6 Å². The summed E-state index contributed by atoms with van der Waals surface area (Å²) in [5, 5.41) is 10.1. The number of aliphatic carboxylic acids is 1. The Morgan fingerprint density at radius 1 is 0.784 bits per heavy atom. The highest BCUT2D eigenvalue weighted by atomic mass is 16.5. The first-order chi connectivity index (χ1) is 18.0. The van der Waals surface area contributed by atoms with Gasteiger partial charge in [-0.2, -0.15) is 0 Å². The topological polar surface area (TPSA) is 60.7 Å². The molecule has 5 aromatic rings. The van der Waals surface area contributed by atoms with Gasteiger partial charge in [0, 0.05) is 17.4 Å². The zero-order chi connectivity index (χ0) is 25.8. The largest absolute Gasteiger partial charge is 0.489 e. The number of fused-ring (bicyclic) bond motifs is 1. The molecular weight excluding hydrogens is 462 g/mol. The molecule has 1 N–H and O–H groups in total. The molecule has 1 aromatic heterocycles. The van der Waals surface area contributed by atoms with E-state index >= 15 is 0 Å². The summed E-state index contributed by atoms with van der Waals surface area (Å²) in [6, 6.07) is 32.6. The Balaban J connectivity index is 1.45. The molecule has 1 heterocycles. The van der Waals surface area contributed by atoms with E-state index in [2.05, 4.69) is 60.9 Å². The normalized spacial score (nSPS) is 11.0. The second-order valence-corrected chi connectivity index (χ2v) is 9.21. The van der Waals surface area contributed by atoms with Crippen LogP contribution >= 0.6 is 0 Å². The van der Waals surface area contributed by atoms with Crippen LogP contribution in [0.4, 0.5) is 0 Å². The number of rotatable bonds is 9. The first kappa shape index (κ1) is 24.2. The highest BCUT2D eigenvalue weighted by Crippen LogP contribution is 2.35. The predicted molar refractivity (Wildman–Crippen MR) is 146 cm³/mol. The summed E-state index contributed by atoms with van der Waals surface area (Å²) in [6.45, 7) is 5.15. The van der Waals surface area contributed by atoms with Crippen molar-refractivity contribution in [2.24, 2.45) is 0 Å². The summed E-state index contributed by atoms with van der Waals surface area (Å²) in [6.07, 6.45) is 0. The molecule has 0 unspecified atom stereocenters. The average Bonchev–Trinajstić information content (AvgIpc) is 3.18. The van der Waals surface area contributed by atoms with Crippen LogP contribution in [-0.4, -0.2) is 22.2 Å². The third kappa shape index (κ3) is 5.51. The number of aromatic nitrogens is 1. The van der Waals surface area contributed by atoms with Crippen molar-refractivity contribution >= 4 is 16.9 Å². The Kier molecular flexibility index (Phi) is 6.95. The minimum atomic E-state index is -0.991. The third-order valence-corrected chi connectivity index (χ3v) is 6.47. The van der Waals surface area contributed by atoms with Gasteiger partial charge in [0.25, 0.3) is 0 Å². The van der Waals surface area contributed by atoms with Gasteiger partial charge < -0.3 is 19.1 Å². The van der Waals surface area contributed by atoms with Gasteiger partial charge in [0.2, 0.25) is 0 Å². The number of hydrogen-bond acceptors (Lipinski definition) is 3. The van der Waals surface area contributed by atoms with Crippen molar-refractivity contribution in [3.8, 4) is 22.8 Å². The van der Waals surface area contributed by atoms with Crippen molar-refractivity contribution in [2.45, 2.75) is 27.0 Å². The van der Waals surface area contributed by atoms with Gasteiger partial charge >= 0.3 is 5.97 Å². The van der Waals surface area contributed by atoms with E-state index in [0.717, 1.165) is 22.4 Å². The Morgan fingerprint density at radius 2 is 1.46 bits per heavy atom. The Bertz CT molecular complexity index is 1520. The molecule has 0 aliphatic rings. The van der Waals surface area contributed by atoms with Crippen molar-refractivity contribution in [2.75, 3.05) is 6.61 Å². The molecule has 4 aromatic carbocycles. The van der Waals surface area contributed by atoms with Crippen LogP contribution < -0.4 is 9.47 Å². The van der Waals surface area contributed by atoms with E-state index in [-0.39, 0.29) is 6.61 Å². The van der Waals surface area contributed by atoms with Crippen LogP contribution in [0.5, 0.6) is 11.5 Å². The maximum atomic E-state index is 10.8. The van der Waals surface area contributed by atoms with E-state index in [1.165, 1.54) is 27.7 Å². The van der Waals surface area contributed by atoms with Crippen LogP contribution in [0.1, 0.15) is 22.3 Å². The van der Waals surface area contributed by atoms with Crippen molar-refractivity contribution < 1.29 is 19.4 Å². The molecule has 0 spiro atoms. The smallest absolute Gasteiger partial charge is 0.341 e. The van der Waals surface area contributed by atoms with E-state index in [1.54, 1.807) is 0 Å². The summed E-state index contributed by atoms with van der Waals surface area (Å²) in [5.41, 5.74) is 8.17. The maximum absolute atomic E-state index is 10.8. The Hall–Kier alpha value is -4.51. The molecule has 186 valence electrons. The lowest BCUT2D eigenvalue weighted by atomic mass is 10.1. The lowest BCUT2D eigenvalue weighted by Gasteiger charge is -2.14. The fourth-order valence-corrected chi connectivity index (χ4v) is 4.64. The predicted octanol–water partition coefficient (Wildman–Crippen LogP) is 7.02. The van der Waals surface area contributed by atoms with Gasteiger partial charge in [-0.05, 0) is 84.6 Å². The number of nitrogens with zero attached hydrogens (tertiary/aromatic N) is 1. The average molecular weight is 492 g/mol. The number of carboxylic acids is 1. The molecule has 0 amide bonds. The number of ether oxygens (including phenoxy) is 2. The Labute approximate surface area is 216 Å². The highest BCUT2D eigenvalue weighted by Gasteiger charge is 2.17.